The Labute approximate surface area is 92.5 Å². The average Bonchev–Trinajstić information content (AvgIpc) is 2.08. The highest BCUT2D eigenvalue weighted by Crippen LogP contribution is 2.03. The largest absolute Gasteiger partial charge is 0.456 e. The van der Waals surface area contributed by atoms with Crippen LogP contribution in [0.1, 0.15) is 26.2 Å². The maximum atomic E-state index is 5.77. The van der Waals surface area contributed by atoms with Crippen LogP contribution in [0.5, 0.6) is 0 Å². The molecule has 0 saturated heterocycles. The van der Waals surface area contributed by atoms with Crippen molar-refractivity contribution >= 4 is 18.1 Å². The lowest BCUT2D eigenvalue weighted by Gasteiger charge is -2.16. The first-order chi connectivity index (χ1) is 6.56. The van der Waals surface area contributed by atoms with Crippen LogP contribution in [-0.4, -0.2) is 31.3 Å². The minimum absolute atomic E-state index is 0.678. The van der Waals surface area contributed by atoms with Gasteiger partial charge in [-0.2, -0.15) is 0 Å². The Morgan fingerprint density at radius 3 is 2.29 bits per heavy atom. The summed E-state index contributed by atoms with van der Waals surface area (Å²) in [6, 6.07) is 1.16. The van der Waals surface area contributed by atoms with E-state index in [1.165, 1.54) is 12.8 Å². The van der Waals surface area contributed by atoms with E-state index in [2.05, 4.69) is 26.6 Å². The molecule has 0 aromatic carbocycles. The van der Waals surface area contributed by atoms with E-state index in [4.69, 9.17) is 8.85 Å². The molecule has 0 amide bonds. The van der Waals surface area contributed by atoms with Crippen molar-refractivity contribution in [3.8, 4) is 0 Å². The summed E-state index contributed by atoms with van der Waals surface area (Å²) in [5.41, 5.74) is 0. The van der Waals surface area contributed by atoms with Gasteiger partial charge < -0.3 is 8.85 Å². The lowest BCUT2D eigenvalue weighted by atomic mass is 10.4. The number of unbranched alkanes of at least 4 members (excludes halogenated alkanes) is 1. The zero-order chi connectivity index (χ0) is 10.9. The molecule has 0 heterocycles. The van der Waals surface area contributed by atoms with E-state index in [-0.39, 0.29) is 0 Å². The Hall–Kier alpha value is 0.354. The van der Waals surface area contributed by atoms with Crippen LogP contribution < -0.4 is 0 Å². The SMILES string of the molecule is CCCCOCCC[Si]O[Si](C)(C)C. The molecule has 0 bridgehead atoms. The molecule has 0 aliphatic rings. The van der Waals surface area contributed by atoms with Crippen LogP contribution in [0, 0.1) is 0 Å². The molecular formula is C10H24O2Si2. The summed E-state index contributed by atoms with van der Waals surface area (Å²) in [6.45, 7) is 10.7. The first-order valence-electron chi connectivity index (χ1n) is 5.55. The molecule has 0 unspecified atom stereocenters. The maximum Gasteiger partial charge on any atom is 0.215 e. The monoisotopic (exact) mass is 232 g/mol. The quantitative estimate of drug-likeness (QED) is 0.449. The summed E-state index contributed by atoms with van der Waals surface area (Å²) >= 11 is 0. The zero-order valence-corrected chi connectivity index (χ0v) is 12.1. The summed E-state index contributed by atoms with van der Waals surface area (Å²) in [7, 11) is -0.589. The fraction of sp³-hybridized carbons (Fsp3) is 1.00. The zero-order valence-electron chi connectivity index (χ0n) is 10.1. The molecule has 0 aromatic rings. The van der Waals surface area contributed by atoms with Crippen LogP contribution in [0.15, 0.2) is 0 Å². The molecule has 0 aliphatic carbocycles. The van der Waals surface area contributed by atoms with E-state index in [0.717, 1.165) is 25.7 Å². The van der Waals surface area contributed by atoms with Gasteiger partial charge in [-0.05, 0) is 38.5 Å². The molecule has 0 saturated carbocycles. The van der Waals surface area contributed by atoms with Crippen LogP contribution in [0.25, 0.3) is 0 Å². The molecule has 2 nitrogen and oxygen atoms in total. The highest BCUT2D eigenvalue weighted by atomic mass is 28.4. The summed E-state index contributed by atoms with van der Waals surface area (Å²) in [4.78, 5) is 0. The van der Waals surface area contributed by atoms with Crippen molar-refractivity contribution in [1.29, 1.82) is 0 Å². The molecule has 0 aliphatic heterocycles. The Morgan fingerprint density at radius 2 is 1.71 bits per heavy atom. The van der Waals surface area contributed by atoms with Crippen LogP contribution in [0.4, 0.5) is 0 Å². The first-order valence-corrected chi connectivity index (χ1v) is 10.1. The summed E-state index contributed by atoms with van der Waals surface area (Å²) in [6.07, 6.45) is 3.56. The van der Waals surface area contributed by atoms with Crippen molar-refractivity contribution < 1.29 is 8.85 Å². The van der Waals surface area contributed by atoms with Crippen molar-refractivity contribution in [3.05, 3.63) is 0 Å². The van der Waals surface area contributed by atoms with Crippen molar-refractivity contribution in [3.63, 3.8) is 0 Å². The molecular weight excluding hydrogens is 208 g/mol. The van der Waals surface area contributed by atoms with Crippen LogP contribution >= 0.6 is 0 Å². The second kappa shape index (κ2) is 8.65. The van der Waals surface area contributed by atoms with Crippen molar-refractivity contribution in [1.82, 2.24) is 0 Å². The minimum atomic E-state index is -1.27. The second-order valence-corrected chi connectivity index (χ2v) is 10.3. The lowest BCUT2D eigenvalue weighted by molar-refractivity contribution is 0.131. The van der Waals surface area contributed by atoms with Crippen molar-refractivity contribution in [2.24, 2.45) is 0 Å². The molecule has 0 N–H and O–H groups in total. The topological polar surface area (TPSA) is 18.5 Å². The molecule has 4 heteroatoms. The average molecular weight is 232 g/mol. The standard InChI is InChI=1S/C10H24O2Si2/c1-5-6-8-11-9-7-10-13-12-14(2,3)4/h5-10H2,1-4H3. The molecule has 0 rings (SSSR count). The van der Waals surface area contributed by atoms with Gasteiger partial charge in [-0.25, -0.2) is 0 Å². The Bertz CT molecular complexity index is 124. The number of hydrogen-bond donors (Lipinski definition) is 0. The normalized spacial score (nSPS) is 12.0. The van der Waals surface area contributed by atoms with Crippen LogP contribution in [0.2, 0.25) is 25.7 Å². The summed E-state index contributed by atoms with van der Waals surface area (Å²) in [5.74, 6) is 0. The third kappa shape index (κ3) is 12.4. The van der Waals surface area contributed by atoms with Crippen molar-refractivity contribution in [2.75, 3.05) is 13.2 Å². The molecule has 0 aromatic heterocycles. The predicted molar refractivity (Wildman–Crippen MR) is 65.3 cm³/mol. The van der Waals surface area contributed by atoms with E-state index in [1.54, 1.807) is 0 Å². The van der Waals surface area contributed by atoms with Crippen LogP contribution in [-0.2, 0) is 8.85 Å². The smallest absolute Gasteiger partial charge is 0.215 e. The second-order valence-electron chi connectivity index (χ2n) is 4.43. The Morgan fingerprint density at radius 1 is 1.07 bits per heavy atom. The van der Waals surface area contributed by atoms with Gasteiger partial charge in [0.05, 0.1) is 0 Å². The molecule has 0 spiro atoms. The maximum absolute atomic E-state index is 5.77. The van der Waals surface area contributed by atoms with Gasteiger partial charge in [0, 0.05) is 13.2 Å². The molecule has 2 radical (unpaired) electrons. The molecule has 0 fully saturated rings. The van der Waals surface area contributed by atoms with Crippen molar-refractivity contribution in [2.45, 2.75) is 51.9 Å². The summed E-state index contributed by atoms with van der Waals surface area (Å²) in [5, 5.41) is 0. The molecule has 84 valence electrons. The van der Waals surface area contributed by atoms with Gasteiger partial charge in [0.2, 0.25) is 9.76 Å². The fourth-order valence-electron chi connectivity index (χ4n) is 0.862. The van der Waals surface area contributed by atoms with E-state index >= 15 is 0 Å². The van der Waals surface area contributed by atoms with Gasteiger partial charge in [-0.1, -0.05) is 13.3 Å². The Kier molecular flexibility index (Phi) is 8.86. The van der Waals surface area contributed by atoms with Gasteiger partial charge in [0.15, 0.2) is 8.32 Å². The van der Waals surface area contributed by atoms with Gasteiger partial charge >= 0.3 is 0 Å². The summed E-state index contributed by atoms with van der Waals surface area (Å²) < 4.78 is 11.2. The van der Waals surface area contributed by atoms with Crippen LogP contribution in [0.3, 0.4) is 0 Å². The first kappa shape index (κ1) is 14.4. The van der Waals surface area contributed by atoms with E-state index in [9.17, 15) is 0 Å². The number of rotatable bonds is 9. The van der Waals surface area contributed by atoms with E-state index < -0.39 is 8.32 Å². The number of ether oxygens (including phenoxy) is 1. The van der Waals surface area contributed by atoms with Gasteiger partial charge in [-0.15, -0.1) is 0 Å². The lowest BCUT2D eigenvalue weighted by Crippen LogP contribution is -2.27. The van der Waals surface area contributed by atoms with Gasteiger partial charge in [0.25, 0.3) is 0 Å². The molecule has 0 atom stereocenters. The highest BCUT2D eigenvalue weighted by Gasteiger charge is 2.13. The fourth-order valence-corrected chi connectivity index (χ4v) is 3.29. The van der Waals surface area contributed by atoms with Gasteiger partial charge in [-0.3, -0.25) is 0 Å². The Balaban J connectivity index is 2.99. The third-order valence-corrected chi connectivity index (χ3v) is 5.17. The molecule has 14 heavy (non-hydrogen) atoms. The predicted octanol–water partition coefficient (Wildman–Crippen LogP) is 3.08. The van der Waals surface area contributed by atoms with Gasteiger partial charge in [0.1, 0.15) is 0 Å². The van der Waals surface area contributed by atoms with E-state index in [0.29, 0.717) is 9.76 Å². The highest BCUT2D eigenvalue weighted by molar-refractivity contribution is 6.73. The van der Waals surface area contributed by atoms with E-state index in [1.807, 2.05) is 0 Å². The minimum Gasteiger partial charge on any atom is -0.456 e. The third-order valence-electron chi connectivity index (χ3n) is 1.59. The number of hydrogen-bond acceptors (Lipinski definition) is 2.